The van der Waals surface area contributed by atoms with E-state index in [1.807, 2.05) is 42.5 Å². The molecule has 0 aliphatic carbocycles. The molecular weight excluding hydrogens is 420 g/mol. The number of nitrogens with zero attached hydrogens (tertiary/aromatic N) is 2. The molecule has 0 atom stereocenters. The summed E-state index contributed by atoms with van der Waals surface area (Å²) in [6.45, 7) is 3.97. The summed E-state index contributed by atoms with van der Waals surface area (Å²) in [5.74, 6) is -0.0215. The van der Waals surface area contributed by atoms with Crippen LogP contribution in [0.2, 0.25) is 0 Å². The third kappa shape index (κ3) is 7.21. The quantitative estimate of drug-likeness (QED) is 0.386. The van der Waals surface area contributed by atoms with E-state index in [-0.39, 0.29) is 11.5 Å². The maximum Gasteiger partial charge on any atom is 0.272 e. The van der Waals surface area contributed by atoms with E-state index in [0.717, 1.165) is 43.4 Å². The highest BCUT2D eigenvalue weighted by molar-refractivity contribution is 5.95. The molecule has 8 nitrogen and oxygen atoms in total. The molecule has 0 saturated carbocycles. The summed E-state index contributed by atoms with van der Waals surface area (Å²) in [5, 5.41) is 11.1. The van der Waals surface area contributed by atoms with Gasteiger partial charge in [0.25, 0.3) is 5.56 Å². The van der Waals surface area contributed by atoms with Crippen LogP contribution in [0.5, 0.6) is 0 Å². The van der Waals surface area contributed by atoms with Crippen LogP contribution in [0.1, 0.15) is 19.3 Å². The molecule has 176 valence electrons. The predicted octanol–water partition coefficient (Wildman–Crippen LogP) is 3.29. The minimum absolute atomic E-state index is 0.0215. The van der Waals surface area contributed by atoms with E-state index in [9.17, 15) is 9.59 Å². The SMILES string of the molecule is COCCN(CCCCC(=O)Nc1cccc(-c2n[nH]c(=O)c3ccccc23)c1)CCOC. The zero-order valence-electron chi connectivity index (χ0n) is 19.3. The first kappa shape index (κ1) is 24.6. The van der Waals surface area contributed by atoms with Crippen molar-refractivity contribution in [2.24, 2.45) is 0 Å². The van der Waals surface area contributed by atoms with E-state index in [4.69, 9.17) is 9.47 Å². The van der Waals surface area contributed by atoms with Crippen LogP contribution in [0.4, 0.5) is 5.69 Å². The average Bonchev–Trinajstić information content (AvgIpc) is 2.83. The monoisotopic (exact) mass is 452 g/mol. The number of aromatic amines is 1. The first-order valence-corrected chi connectivity index (χ1v) is 11.2. The van der Waals surface area contributed by atoms with Crippen molar-refractivity contribution in [1.29, 1.82) is 0 Å². The number of carbonyl (C=O) groups is 1. The van der Waals surface area contributed by atoms with Crippen molar-refractivity contribution >= 4 is 22.4 Å². The molecule has 0 bridgehead atoms. The lowest BCUT2D eigenvalue weighted by Crippen LogP contribution is -2.31. The van der Waals surface area contributed by atoms with Gasteiger partial charge in [0, 0.05) is 50.4 Å². The number of hydrogen-bond acceptors (Lipinski definition) is 6. The second-order valence-corrected chi connectivity index (χ2v) is 7.86. The van der Waals surface area contributed by atoms with Gasteiger partial charge in [-0.15, -0.1) is 0 Å². The number of amides is 1. The molecule has 2 aromatic carbocycles. The maximum atomic E-state index is 12.5. The highest BCUT2D eigenvalue weighted by Crippen LogP contribution is 2.26. The van der Waals surface area contributed by atoms with Gasteiger partial charge in [-0.25, -0.2) is 5.10 Å². The van der Waals surface area contributed by atoms with E-state index >= 15 is 0 Å². The topological polar surface area (TPSA) is 96.5 Å². The van der Waals surface area contributed by atoms with Crippen LogP contribution in [0.15, 0.2) is 53.3 Å². The Labute approximate surface area is 193 Å². The number of nitrogens with one attached hydrogen (secondary N) is 2. The summed E-state index contributed by atoms with van der Waals surface area (Å²) in [4.78, 5) is 26.8. The standard InChI is InChI=1S/C25H32N4O4/c1-32-16-14-29(15-17-33-2)13-6-5-12-23(30)26-20-9-7-8-19(18-20)24-21-10-3-4-11-22(21)25(31)28-27-24/h3-4,7-11,18H,5-6,12-17H2,1-2H3,(H,26,30)(H,28,31). The van der Waals surface area contributed by atoms with Crippen molar-refractivity contribution in [3.05, 3.63) is 58.9 Å². The van der Waals surface area contributed by atoms with Gasteiger partial charge < -0.3 is 14.8 Å². The Morgan fingerprint density at radius 1 is 0.970 bits per heavy atom. The lowest BCUT2D eigenvalue weighted by Gasteiger charge is -2.21. The molecule has 8 heteroatoms. The third-order valence-corrected chi connectivity index (χ3v) is 5.47. The Hall–Kier alpha value is -3.07. The van der Waals surface area contributed by atoms with E-state index < -0.39 is 0 Å². The van der Waals surface area contributed by atoms with Crippen LogP contribution in [0, 0.1) is 0 Å². The Kier molecular flexibility index (Phi) is 9.56. The fourth-order valence-corrected chi connectivity index (χ4v) is 3.70. The normalized spacial score (nSPS) is 11.2. The molecule has 1 aromatic heterocycles. The van der Waals surface area contributed by atoms with E-state index in [2.05, 4.69) is 20.4 Å². The van der Waals surface area contributed by atoms with Gasteiger partial charge in [-0.05, 0) is 37.6 Å². The lowest BCUT2D eigenvalue weighted by molar-refractivity contribution is -0.116. The number of rotatable bonds is 13. The molecular formula is C25H32N4O4. The van der Waals surface area contributed by atoms with Gasteiger partial charge in [-0.2, -0.15) is 5.10 Å². The Morgan fingerprint density at radius 3 is 2.42 bits per heavy atom. The number of carbonyl (C=O) groups excluding carboxylic acids is 1. The fourth-order valence-electron chi connectivity index (χ4n) is 3.70. The molecule has 1 amide bonds. The number of unbranched alkanes of at least 4 members (excludes halogenated alkanes) is 1. The number of ether oxygens (including phenoxy) is 2. The van der Waals surface area contributed by atoms with E-state index in [1.54, 1.807) is 20.3 Å². The molecule has 0 aliphatic rings. The average molecular weight is 453 g/mol. The van der Waals surface area contributed by atoms with Crippen LogP contribution >= 0.6 is 0 Å². The second kappa shape index (κ2) is 12.8. The van der Waals surface area contributed by atoms with Gasteiger partial charge in [0.15, 0.2) is 0 Å². The zero-order valence-corrected chi connectivity index (χ0v) is 19.3. The Bertz CT molecular complexity index is 1090. The number of hydrogen-bond donors (Lipinski definition) is 2. The molecule has 0 fully saturated rings. The number of methoxy groups -OCH3 is 2. The summed E-state index contributed by atoms with van der Waals surface area (Å²) in [5.41, 5.74) is 1.99. The molecule has 0 saturated heterocycles. The Balaban J connectivity index is 1.56. The molecule has 1 heterocycles. The molecule has 3 rings (SSSR count). The van der Waals surface area contributed by atoms with Gasteiger partial charge in [0.2, 0.25) is 5.91 Å². The predicted molar refractivity (Wildman–Crippen MR) is 130 cm³/mol. The van der Waals surface area contributed by atoms with Gasteiger partial charge in [-0.1, -0.05) is 30.3 Å². The molecule has 3 aromatic rings. The van der Waals surface area contributed by atoms with Gasteiger partial charge in [0.05, 0.1) is 24.3 Å². The molecule has 0 radical (unpaired) electrons. The molecule has 0 unspecified atom stereocenters. The highest BCUT2D eigenvalue weighted by atomic mass is 16.5. The van der Waals surface area contributed by atoms with Crippen LogP contribution in [0.3, 0.4) is 0 Å². The third-order valence-electron chi connectivity index (χ3n) is 5.47. The number of anilines is 1. The first-order chi connectivity index (χ1) is 16.1. The molecule has 33 heavy (non-hydrogen) atoms. The fraction of sp³-hybridized carbons (Fsp3) is 0.400. The van der Waals surface area contributed by atoms with Crippen LogP contribution < -0.4 is 10.9 Å². The van der Waals surface area contributed by atoms with Crippen LogP contribution in [-0.4, -0.2) is 68.1 Å². The minimum atomic E-state index is -0.221. The maximum absolute atomic E-state index is 12.5. The van der Waals surface area contributed by atoms with Gasteiger partial charge >= 0.3 is 0 Å². The summed E-state index contributed by atoms with van der Waals surface area (Å²) >= 11 is 0. The van der Waals surface area contributed by atoms with E-state index in [0.29, 0.717) is 36.4 Å². The summed E-state index contributed by atoms with van der Waals surface area (Å²) < 4.78 is 10.3. The van der Waals surface area contributed by atoms with Crippen molar-refractivity contribution in [1.82, 2.24) is 15.1 Å². The van der Waals surface area contributed by atoms with Gasteiger partial charge in [0.1, 0.15) is 0 Å². The smallest absolute Gasteiger partial charge is 0.272 e. The first-order valence-electron chi connectivity index (χ1n) is 11.2. The van der Waals surface area contributed by atoms with Gasteiger partial charge in [-0.3, -0.25) is 14.5 Å². The van der Waals surface area contributed by atoms with E-state index in [1.165, 1.54) is 0 Å². The number of H-pyrrole nitrogens is 1. The van der Waals surface area contributed by atoms with Crippen molar-refractivity contribution in [3.63, 3.8) is 0 Å². The Morgan fingerprint density at radius 2 is 1.70 bits per heavy atom. The van der Waals surface area contributed by atoms with Crippen molar-refractivity contribution in [3.8, 4) is 11.3 Å². The second-order valence-electron chi connectivity index (χ2n) is 7.86. The molecule has 0 aliphatic heterocycles. The van der Waals surface area contributed by atoms with Crippen LogP contribution in [-0.2, 0) is 14.3 Å². The van der Waals surface area contributed by atoms with Crippen molar-refractivity contribution in [2.75, 3.05) is 52.4 Å². The number of fused-ring (bicyclic) bond motifs is 1. The highest BCUT2D eigenvalue weighted by Gasteiger charge is 2.10. The number of aromatic nitrogens is 2. The summed E-state index contributed by atoms with van der Waals surface area (Å²) in [6.07, 6.45) is 2.18. The summed E-state index contributed by atoms with van der Waals surface area (Å²) in [6, 6.07) is 14.9. The summed E-state index contributed by atoms with van der Waals surface area (Å²) in [7, 11) is 3.40. The molecule has 0 spiro atoms. The zero-order chi connectivity index (χ0) is 23.5. The minimum Gasteiger partial charge on any atom is -0.383 e. The van der Waals surface area contributed by atoms with Crippen molar-refractivity contribution < 1.29 is 14.3 Å². The van der Waals surface area contributed by atoms with Crippen LogP contribution in [0.25, 0.3) is 22.0 Å². The largest absolute Gasteiger partial charge is 0.383 e. The lowest BCUT2D eigenvalue weighted by atomic mass is 10.0. The number of benzene rings is 2. The molecule has 2 N–H and O–H groups in total. The van der Waals surface area contributed by atoms with Crippen molar-refractivity contribution in [2.45, 2.75) is 19.3 Å².